The molecule has 1 aliphatic rings. The Balaban J connectivity index is 1.63. The number of thioether (sulfide) groups is 1. The quantitative estimate of drug-likeness (QED) is 0.703. The molecule has 0 radical (unpaired) electrons. The van der Waals surface area contributed by atoms with Crippen LogP contribution in [0.15, 0.2) is 28.5 Å². The third-order valence-corrected chi connectivity index (χ3v) is 6.19. The number of aryl methyl sites for hydroxylation is 1. The zero-order chi connectivity index (χ0) is 17.1. The van der Waals surface area contributed by atoms with Crippen molar-refractivity contribution in [1.82, 2.24) is 10.3 Å². The number of nitrogens with two attached hydrogens (primary N) is 1. The second-order valence-electron chi connectivity index (χ2n) is 5.54. The number of primary amides is 1. The van der Waals surface area contributed by atoms with Crippen molar-refractivity contribution in [3.8, 4) is 0 Å². The van der Waals surface area contributed by atoms with Crippen molar-refractivity contribution in [3.63, 3.8) is 0 Å². The number of amides is 2. The van der Waals surface area contributed by atoms with E-state index in [1.165, 1.54) is 34.2 Å². The van der Waals surface area contributed by atoms with Gasteiger partial charge in [-0.15, -0.1) is 11.8 Å². The van der Waals surface area contributed by atoms with E-state index in [0.29, 0.717) is 18.1 Å². The molecule has 0 aliphatic carbocycles. The Morgan fingerprint density at radius 1 is 1.42 bits per heavy atom. The van der Waals surface area contributed by atoms with Gasteiger partial charge >= 0.3 is 0 Å². The second-order valence-corrected chi connectivity index (χ2v) is 7.79. The molecule has 2 aromatic rings. The molecule has 1 aliphatic heterocycles. The Bertz CT molecular complexity index is 775. The van der Waals surface area contributed by atoms with Crippen molar-refractivity contribution in [3.05, 3.63) is 41.1 Å². The minimum absolute atomic E-state index is 0.0929. The largest absolute Gasteiger partial charge is 0.369 e. The van der Waals surface area contributed by atoms with E-state index < -0.39 is 0 Å². The summed E-state index contributed by atoms with van der Waals surface area (Å²) in [7, 11) is 0. The molecule has 126 valence electrons. The first-order valence-electron chi connectivity index (χ1n) is 7.52. The highest BCUT2D eigenvalue weighted by Gasteiger charge is 2.24. The number of carbonyl (C=O) groups is 2. The molecule has 1 unspecified atom stereocenters. The standard InChI is InChI=1S/C16H18N4O2S2/c1-9-15(23-8-13(17)21)24-16(19-9)20-14(22)12-6-10-4-2-3-5-11(10)7-18-12/h2-5,12,18H,6-8H2,1H3,(H2,17,21)(H,19,20,22). The third-order valence-electron chi connectivity index (χ3n) is 3.73. The van der Waals surface area contributed by atoms with Gasteiger partial charge in [-0.3, -0.25) is 9.59 Å². The Kier molecular flexibility index (Phi) is 5.17. The first kappa shape index (κ1) is 16.9. The number of fused-ring (bicyclic) bond motifs is 1. The lowest BCUT2D eigenvalue weighted by atomic mass is 9.95. The molecule has 6 nitrogen and oxygen atoms in total. The average molecular weight is 362 g/mol. The lowest BCUT2D eigenvalue weighted by Crippen LogP contribution is -2.44. The van der Waals surface area contributed by atoms with Crippen LogP contribution < -0.4 is 16.4 Å². The summed E-state index contributed by atoms with van der Waals surface area (Å²) in [6.07, 6.45) is 0.662. The number of hydrogen-bond donors (Lipinski definition) is 3. The molecule has 0 saturated carbocycles. The van der Waals surface area contributed by atoms with Gasteiger partial charge in [0.1, 0.15) is 0 Å². The van der Waals surface area contributed by atoms with Crippen LogP contribution in [-0.2, 0) is 22.6 Å². The minimum atomic E-state index is -0.372. The number of nitrogens with one attached hydrogen (secondary N) is 2. The molecule has 24 heavy (non-hydrogen) atoms. The van der Waals surface area contributed by atoms with Gasteiger partial charge in [0.25, 0.3) is 0 Å². The van der Waals surface area contributed by atoms with E-state index in [2.05, 4.69) is 27.8 Å². The molecule has 2 heterocycles. The number of nitrogens with zero attached hydrogens (tertiary/aromatic N) is 1. The highest BCUT2D eigenvalue weighted by atomic mass is 32.2. The molecule has 3 rings (SSSR count). The van der Waals surface area contributed by atoms with Crippen molar-refractivity contribution in [2.24, 2.45) is 5.73 Å². The molecule has 0 spiro atoms. The highest BCUT2D eigenvalue weighted by Crippen LogP contribution is 2.32. The maximum Gasteiger partial charge on any atom is 0.243 e. The van der Waals surface area contributed by atoms with E-state index in [4.69, 9.17) is 5.73 Å². The summed E-state index contributed by atoms with van der Waals surface area (Å²) in [5.41, 5.74) is 8.39. The van der Waals surface area contributed by atoms with Gasteiger partial charge in [0.2, 0.25) is 11.8 Å². The van der Waals surface area contributed by atoms with Gasteiger partial charge < -0.3 is 16.4 Å². The second kappa shape index (κ2) is 7.33. The number of anilines is 1. The fraction of sp³-hybridized carbons (Fsp3) is 0.312. The number of benzene rings is 1. The summed E-state index contributed by atoms with van der Waals surface area (Å²) >= 11 is 2.71. The average Bonchev–Trinajstić information content (AvgIpc) is 2.91. The monoisotopic (exact) mass is 362 g/mol. The van der Waals surface area contributed by atoms with Crippen LogP contribution in [0.4, 0.5) is 5.13 Å². The topological polar surface area (TPSA) is 97.1 Å². The maximum absolute atomic E-state index is 12.5. The molecule has 0 fully saturated rings. The van der Waals surface area contributed by atoms with Crippen LogP contribution in [0, 0.1) is 6.92 Å². The fourth-order valence-electron chi connectivity index (χ4n) is 2.54. The van der Waals surface area contributed by atoms with Crippen LogP contribution in [0.25, 0.3) is 0 Å². The lowest BCUT2D eigenvalue weighted by Gasteiger charge is -2.24. The highest BCUT2D eigenvalue weighted by molar-refractivity contribution is 8.01. The molecule has 0 saturated heterocycles. The molecule has 1 aromatic heterocycles. The van der Waals surface area contributed by atoms with E-state index in [1.54, 1.807) is 0 Å². The number of aromatic nitrogens is 1. The third kappa shape index (κ3) is 3.95. The van der Waals surface area contributed by atoms with Crippen LogP contribution in [0.1, 0.15) is 16.8 Å². The van der Waals surface area contributed by atoms with Crippen LogP contribution in [0.5, 0.6) is 0 Å². The van der Waals surface area contributed by atoms with Crippen molar-refractivity contribution >= 4 is 40.0 Å². The predicted molar refractivity (Wildman–Crippen MR) is 96.2 cm³/mol. The van der Waals surface area contributed by atoms with E-state index in [9.17, 15) is 9.59 Å². The van der Waals surface area contributed by atoms with E-state index in [1.807, 2.05) is 19.1 Å². The molecular formula is C16H18N4O2S2. The molecule has 1 aromatic carbocycles. The Hall–Kier alpha value is -1.90. The lowest BCUT2D eigenvalue weighted by molar-refractivity contribution is -0.118. The molecule has 4 N–H and O–H groups in total. The van der Waals surface area contributed by atoms with Gasteiger partial charge in [-0.2, -0.15) is 0 Å². The van der Waals surface area contributed by atoms with Crippen LogP contribution in [-0.4, -0.2) is 28.6 Å². The number of thiazole rings is 1. The van der Waals surface area contributed by atoms with Crippen LogP contribution in [0.3, 0.4) is 0 Å². The number of carbonyl (C=O) groups excluding carboxylic acids is 2. The SMILES string of the molecule is Cc1nc(NC(=O)C2Cc3ccccc3CN2)sc1SCC(N)=O. The van der Waals surface area contributed by atoms with Crippen molar-refractivity contribution in [2.75, 3.05) is 11.1 Å². The van der Waals surface area contributed by atoms with Gasteiger partial charge in [-0.05, 0) is 24.5 Å². The van der Waals surface area contributed by atoms with Gasteiger partial charge in [0.15, 0.2) is 5.13 Å². The molecule has 1 atom stereocenters. The summed E-state index contributed by atoms with van der Waals surface area (Å²) < 4.78 is 0.894. The fourth-order valence-corrected chi connectivity index (χ4v) is 4.42. The zero-order valence-electron chi connectivity index (χ0n) is 13.2. The predicted octanol–water partition coefficient (Wildman–Crippen LogP) is 1.68. The van der Waals surface area contributed by atoms with Crippen LogP contribution >= 0.6 is 23.1 Å². The molecular weight excluding hydrogens is 344 g/mol. The van der Waals surface area contributed by atoms with Crippen molar-refractivity contribution in [1.29, 1.82) is 0 Å². The van der Waals surface area contributed by atoms with Gasteiger partial charge in [-0.1, -0.05) is 35.6 Å². The Labute approximate surface area is 148 Å². The summed E-state index contributed by atoms with van der Waals surface area (Å²) in [5.74, 6) is -0.259. The number of rotatable bonds is 5. The summed E-state index contributed by atoms with van der Waals surface area (Å²) in [4.78, 5) is 27.7. The van der Waals surface area contributed by atoms with E-state index >= 15 is 0 Å². The molecule has 8 heteroatoms. The van der Waals surface area contributed by atoms with Crippen LogP contribution in [0.2, 0.25) is 0 Å². The first-order chi connectivity index (χ1) is 11.5. The summed E-state index contributed by atoms with van der Waals surface area (Å²) in [6.45, 7) is 2.54. The van der Waals surface area contributed by atoms with Gasteiger partial charge in [0, 0.05) is 6.54 Å². The zero-order valence-corrected chi connectivity index (χ0v) is 14.8. The Morgan fingerprint density at radius 2 is 2.17 bits per heavy atom. The minimum Gasteiger partial charge on any atom is -0.369 e. The van der Waals surface area contributed by atoms with E-state index in [0.717, 1.165) is 9.90 Å². The number of hydrogen-bond acceptors (Lipinski definition) is 6. The van der Waals surface area contributed by atoms with Gasteiger partial charge in [-0.25, -0.2) is 4.98 Å². The Morgan fingerprint density at radius 3 is 2.92 bits per heavy atom. The van der Waals surface area contributed by atoms with Crippen molar-refractivity contribution < 1.29 is 9.59 Å². The first-order valence-corrected chi connectivity index (χ1v) is 9.32. The summed E-state index contributed by atoms with van der Waals surface area (Å²) in [5, 5.41) is 6.67. The molecule has 2 amide bonds. The van der Waals surface area contributed by atoms with Crippen molar-refractivity contribution in [2.45, 2.75) is 30.1 Å². The molecule has 0 bridgehead atoms. The van der Waals surface area contributed by atoms with Gasteiger partial charge in [0.05, 0.1) is 21.7 Å². The smallest absolute Gasteiger partial charge is 0.243 e. The maximum atomic E-state index is 12.5. The summed E-state index contributed by atoms with van der Waals surface area (Å²) in [6, 6.07) is 7.85. The van der Waals surface area contributed by atoms with E-state index in [-0.39, 0.29) is 23.6 Å². The normalized spacial score (nSPS) is 16.5.